The van der Waals surface area contributed by atoms with Crippen molar-refractivity contribution < 1.29 is 9.13 Å². The topological polar surface area (TPSA) is 12.5 Å². The number of thiophene rings is 1. The molecule has 1 aromatic heterocycles. The van der Waals surface area contributed by atoms with Gasteiger partial charge in [-0.3, -0.25) is 0 Å². The van der Waals surface area contributed by atoms with Gasteiger partial charge in [0.05, 0.1) is 13.2 Å². The second-order valence-electron chi connectivity index (χ2n) is 7.65. The minimum absolute atomic E-state index is 0.186. The van der Waals surface area contributed by atoms with E-state index in [1.54, 1.807) is 35.2 Å². The Hall–Kier alpha value is -1.66. The van der Waals surface area contributed by atoms with Crippen LogP contribution in [0.3, 0.4) is 0 Å². The quantitative estimate of drug-likeness (QED) is 0.331. The maximum Gasteiger partial charge on any atom is 0.123 e. The number of benzene rings is 2. The maximum absolute atomic E-state index is 14.0. The van der Waals surface area contributed by atoms with Crippen LogP contribution in [-0.2, 0) is 11.3 Å². The summed E-state index contributed by atoms with van der Waals surface area (Å²) in [4.78, 5) is 7.17. The lowest BCUT2D eigenvalue weighted by atomic mass is 10.0. The molecule has 2 nitrogen and oxygen atoms in total. The Bertz CT molecular complexity index is 1010. The van der Waals surface area contributed by atoms with Crippen molar-refractivity contribution in [1.82, 2.24) is 4.90 Å². The molecule has 3 heterocycles. The zero-order chi connectivity index (χ0) is 19.6. The number of hydrogen-bond acceptors (Lipinski definition) is 4. The van der Waals surface area contributed by atoms with Crippen LogP contribution in [0.2, 0.25) is 0 Å². The van der Waals surface area contributed by atoms with Crippen LogP contribution < -0.4 is 0 Å². The molecule has 0 amide bonds. The Morgan fingerprint density at radius 2 is 1.72 bits per heavy atom. The summed E-state index contributed by atoms with van der Waals surface area (Å²) >= 11 is 3.45. The Labute approximate surface area is 179 Å². The Kier molecular flexibility index (Phi) is 5.73. The molecule has 3 aromatic rings. The van der Waals surface area contributed by atoms with Gasteiger partial charge in [-0.15, -0.1) is 11.3 Å². The summed E-state index contributed by atoms with van der Waals surface area (Å²) in [5, 5.41) is 0. The number of likely N-dealkylation sites (tertiary alicyclic amines) is 1. The largest absolute Gasteiger partial charge is 0.375 e. The summed E-state index contributed by atoms with van der Waals surface area (Å²) in [5.74, 6) is -0.186. The van der Waals surface area contributed by atoms with Crippen molar-refractivity contribution in [3.05, 3.63) is 59.2 Å². The predicted molar refractivity (Wildman–Crippen MR) is 119 cm³/mol. The highest BCUT2D eigenvalue weighted by atomic mass is 32.2. The molecule has 150 valence electrons. The van der Waals surface area contributed by atoms with Gasteiger partial charge >= 0.3 is 0 Å². The first kappa shape index (κ1) is 19.3. The zero-order valence-corrected chi connectivity index (χ0v) is 18.0. The molecule has 5 heteroatoms. The third kappa shape index (κ3) is 4.15. The van der Waals surface area contributed by atoms with Crippen LogP contribution in [0.5, 0.6) is 0 Å². The molecule has 0 radical (unpaired) electrons. The van der Waals surface area contributed by atoms with E-state index >= 15 is 0 Å². The second kappa shape index (κ2) is 8.60. The highest BCUT2D eigenvalue weighted by Crippen LogP contribution is 2.51. The van der Waals surface area contributed by atoms with E-state index in [2.05, 4.69) is 35.2 Å². The van der Waals surface area contributed by atoms with Crippen LogP contribution in [0.1, 0.15) is 24.1 Å². The van der Waals surface area contributed by atoms with Gasteiger partial charge in [0.25, 0.3) is 0 Å². The van der Waals surface area contributed by atoms with Crippen LogP contribution in [0.15, 0.2) is 58.3 Å². The monoisotopic (exact) mass is 425 g/mol. The van der Waals surface area contributed by atoms with Gasteiger partial charge in [-0.2, -0.15) is 0 Å². The second-order valence-corrected chi connectivity index (χ2v) is 9.87. The number of rotatable bonds is 5. The van der Waals surface area contributed by atoms with E-state index in [1.165, 1.54) is 53.3 Å². The van der Waals surface area contributed by atoms with Gasteiger partial charge in [-0.25, -0.2) is 4.39 Å². The SMILES string of the molecule is Fc1ccc2c(c1)-c1sc(COCCN3CCCCC3)cc1-c1ccccc1S2. The molecule has 0 unspecified atom stereocenters. The number of fused-ring (bicyclic) bond motifs is 5. The van der Waals surface area contributed by atoms with Crippen molar-refractivity contribution in [3.8, 4) is 21.6 Å². The number of ether oxygens (including phenoxy) is 1. The van der Waals surface area contributed by atoms with E-state index in [4.69, 9.17) is 4.74 Å². The lowest BCUT2D eigenvalue weighted by Crippen LogP contribution is -2.32. The molecule has 0 spiro atoms. The van der Waals surface area contributed by atoms with Crippen molar-refractivity contribution in [2.24, 2.45) is 0 Å². The Morgan fingerprint density at radius 1 is 0.897 bits per heavy atom. The van der Waals surface area contributed by atoms with Crippen molar-refractivity contribution in [1.29, 1.82) is 0 Å². The first-order chi connectivity index (χ1) is 14.3. The first-order valence-corrected chi connectivity index (χ1v) is 11.9. The molecule has 0 bridgehead atoms. The summed E-state index contributed by atoms with van der Waals surface area (Å²) in [6.45, 7) is 4.80. The van der Waals surface area contributed by atoms with Crippen molar-refractivity contribution >= 4 is 23.1 Å². The van der Waals surface area contributed by atoms with E-state index in [0.717, 1.165) is 28.5 Å². The summed E-state index contributed by atoms with van der Waals surface area (Å²) in [7, 11) is 0. The number of hydrogen-bond donors (Lipinski definition) is 0. The van der Waals surface area contributed by atoms with E-state index < -0.39 is 0 Å². The molecule has 2 aromatic carbocycles. The van der Waals surface area contributed by atoms with Crippen LogP contribution in [-0.4, -0.2) is 31.1 Å². The van der Waals surface area contributed by atoms with Gasteiger partial charge in [-0.05, 0) is 61.8 Å². The predicted octanol–water partition coefficient (Wildman–Crippen LogP) is 6.69. The van der Waals surface area contributed by atoms with E-state index in [0.29, 0.717) is 6.61 Å². The normalized spacial score (nSPS) is 16.0. The number of piperidine rings is 1. The van der Waals surface area contributed by atoms with Gasteiger partial charge in [0.2, 0.25) is 0 Å². The third-order valence-electron chi connectivity index (χ3n) is 5.61. The highest BCUT2D eigenvalue weighted by Gasteiger charge is 2.23. The molecule has 2 aliphatic heterocycles. The van der Waals surface area contributed by atoms with Crippen LogP contribution >= 0.6 is 23.1 Å². The molecular weight excluding hydrogens is 401 g/mol. The summed E-state index contributed by atoms with van der Waals surface area (Å²) < 4.78 is 20.1. The standard InChI is InChI=1S/C24H24FNOS2/c25-17-8-9-23-21(14-17)24-20(19-6-2-3-7-22(19)29-23)15-18(28-24)16-27-13-12-26-10-4-1-5-11-26/h2-3,6-9,14-15H,1,4-5,10-13,16H2. The van der Waals surface area contributed by atoms with Gasteiger partial charge in [0, 0.05) is 37.2 Å². The summed E-state index contributed by atoms with van der Waals surface area (Å²) in [6.07, 6.45) is 3.98. The molecule has 0 aliphatic carbocycles. The van der Waals surface area contributed by atoms with Gasteiger partial charge in [-0.1, -0.05) is 36.4 Å². The van der Waals surface area contributed by atoms with Gasteiger partial charge in [0.15, 0.2) is 0 Å². The number of nitrogens with zero attached hydrogens (tertiary/aromatic N) is 1. The van der Waals surface area contributed by atoms with Crippen LogP contribution in [0, 0.1) is 5.82 Å². The molecule has 29 heavy (non-hydrogen) atoms. The number of halogens is 1. The average Bonchev–Trinajstić information content (AvgIpc) is 3.12. The van der Waals surface area contributed by atoms with E-state index in [1.807, 2.05) is 6.07 Å². The van der Waals surface area contributed by atoms with Gasteiger partial charge in [0.1, 0.15) is 5.82 Å². The Balaban J connectivity index is 1.39. The molecule has 5 rings (SSSR count). The molecular formula is C24H24FNOS2. The first-order valence-electron chi connectivity index (χ1n) is 10.3. The van der Waals surface area contributed by atoms with Crippen LogP contribution in [0.25, 0.3) is 21.6 Å². The van der Waals surface area contributed by atoms with Crippen molar-refractivity contribution in [2.75, 3.05) is 26.2 Å². The average molecular weight is 426 g/mol. The highest BCUT2D eigenvalue weighted by molar-refractivity contribution is 7.99. The van der Waals surface area contributed by atoms with Crippen LogP contribution in [0.4, 0.5) is 4.39 Å². The molecule has 0 atom stereocenters. The molecule has 1 saturated heterocycles. The fraction of sp³-hybridized carbons (Fsp3) is 0.333. The smallest absolute Gasteiger partial charge is 0.123 e. The maximum atomic E-state index is 14.0. The molecule has 0 N–H and O–H groups in total. The van der Waals surface area contributed by atoms with E-state index in [-0.39, 0.29) is 5.82 Å². The Morgan fingerprint density at radius 3 is 2.62 bits per heavy atom. The lowest BCUT2D eigenvalue weighted by Gasteiger charge is -2.26. The summed E-state index contributed by atoms with van der Waals surface area (Å²) in [6, 6.07) is 15.8. The third-order valence-corrected chi connectivity index (χ3v) is 7.91. The van der Waals surface area contributed by atoms with Crippen molar-refractivity contribution in [3.63, 3.8) is 0 Å². The van der Waals surface area contributed by atoms with E-state index in [9.17, 15) is 4.39 Å². The minimum Gasteiger partial charge on any atom is -0.375 e. The van der Waals surface area contributed by atoms with Gasteiger partial charge < -0.3 is 9.64 Å². The minimum atomic E-state index is -0.186. The fourth-order valence-electron chi connectivity index (χ4n) is 4.13. The lowest BCUT2D eigenvalue weighted by molar-refractivity contribution is 0.0878. The fourth-order valence-corrected chi connectivity index (χ4v) is 6.41. The zero-order valence-electron chi connectivity index (χ0n) is 16.3. The summed E-state index contributed by atoms with van der Waals surface area (Å²) in [5.41, 5.74) is 3.41. The van der Waals surface area contributed by atoms with Crippen molar-refractivity contribution in [2.45, 2.75) is 35.7 Å². The molecule has 0 saturated carbocycles. The molecule has 2 aliphatic rings. The molecule has 1 fully saturated rings.